The summed E-state index contributed by atoms with van der Waals surface area (Å²) in [5.41, 5.74) is 1.66. The Morgan fingerprint density at radius 1 is 1.25 bits per heavy atom. The summed E-state index contributed by atoms with van der Waals surface area (Å²) in [5.74, 6) is 2.56. The number of aromatic amines is 1. The van der Waals surface area contributed by atoms with E-state index in [9.17, 15) is 0 Å². The van der Waals surface area contributed by atoms with E-state index >= 15 is 0 Å². The zero-order chi connectivity index (χ0) is 19.3. The minimum Gasteiger partial charge on any atom is -0.497 e. The molecule has 1 aromatic carbocycles. The normalized spacial score (nSPS) is 16.6. The van der Waals surface area contributed by atoms with Gasteiger partial charge in [0.15, 0.2) is 12.1 Å². The highest BCUT2D eigenvalue weighted by Gasteiger charge is 2.23. The molecule has 3 aromatic rings. The summed E-state index contributed by atoms with van der Waals surface area (Å²) < 4.78 is 16.5. The quantitative estimate of drug-likeness (QED) is 0.671. The Labute approximate surface area is 162 Å². The fourth-order valence-electron chi connectivity index (χ4n) is 2.97. The van der Waals surface area contributed by atoms with Crippen LogP contribution in [0.1, 0.15) is 0 Å². The van der Waals surface area contributed by atoms with Gasteiger partial charge >= 0.3 is 0 Å². The number of anilines is 3. The second-order valence-electron chi connectivity index (χ2n) is 6.25. The van der Waals surface area contributed by atoms with Gasteiger partial charge in [-0.1, -0.05) is 6.07 Å². The minimum atomic E-state index is -0.195. The number of hydrogen-bond acceptors (Lipinski definition) is 8. The average Bonchev–Trinajstić information content (AvgIpc) is 3.22. The van der Waals surface area contributed by atoms with Gasteiger partial charge in [0.05, 0.1) is 32.5 Å². The van der Waals surface area contributed by atoms with Crippen LogP contribution in [-0.2, 0) is 9.47 Å². The Bertz CT molecular complexity index is 925. The van der Waals surface area contributed by atoms with E-state index < -0.39 is 0 Å². The van der Waals surface area contributed by atoms with Gasteiger partial charge in [-0.3, -0.25) is 5.10 Å². The molecule has 9 heteroatoms. The number of pyridine rings is 1. The molecule has 3 heterocycles. The maximum absolute atomic E-state index is 5.78. The topological polar surface area (TPSA) is 97.4 Å². The van der Waals surface area contributed by atoms with Crippen LogP contribution in [0, 0.1) is 0 Å². The number of hydrogen-bond donors (Lipinski definition) is 2. The van der Waals surface area contributed by atoms with Gasteiger partial charge < -0.3 is 24.4 Å². The zero-order valence-corrected chi connectivity index (χ0v) is 15.8. The van der Waals surface area contributed by atoms with E-state index in [0.717, 1.165) is 22.8 Å². The molecule has 4 rings (SSSR count). The summed E-state index contributed by atoms with van der Waals surface area (Å²) in [4.78, 5) is 11.0. The molecule has 146 valence electrons. The van der Waals surface area contributed by atoms with Crippen LogP contribution in [0.5, 0.6) is 5.75 Å². The highest BCUT2D eigenvalue weighted by Crippen LogP contribution is 2.28. The molecule has 0 amide bonds. The first-order valence-corrected chi connectivity index (χ1v) is 8.95. The van der Waals surface area contributed by atoms with Crippen molar-refractivity contribution in [1.29, 1.82) is 0 Å². The Morgan fingerprint density at radius 3 is 3.00 bits per heavy atom. The van der Waals surface area contributed by atoms with Crippen molar-refractivity contribution in [3.8, 4) is 17.1 Å². The highest BCUT2D eigenvalue weighted by atomic mass is 16.6. The van der Waals surface area contributed by atoms with Gasteiger partial charge in [0, 0.05) is 25.0 Å². The van der Waals surface area contributed by atoms with Crippen LogP contribution in [0.2, 0.25) is 0 Å². The minimum absolute atomic E-state index is 0.195. The smallest absolute Gasteiger partial charge is 0.246 e. The first-order valence-electron chi connectivity index (χ1n) is 8.95. The third-order valence-corrected chi connectivity index (χ3v) is 4.42. The van der Waals surface area contributed by atoms with Gasteiger partial charge in [0.1, 0.15) is 11.6 Å². The van der Waals surface area contributed by atoms with Crippen molar-refractivity contribution in [3.63, 3.8) is 0 Å². The Kier molecular flexibility index (Phi) is 5.36. The van der Waals surface area contributed by atoms with Crippen molar-refractivity contribution < 1.29 is 14.2 Å². The molecule has 1 aliphatic heterocycles. The number of likely N-dealkylation sites (N-methyl/N-ethyl adjacent to an activating group) is 1. The Balaban J connectivity index is 1.56. The van der Waals surface area contributed by atoms with Gasteiger partial charge in [0.25, 0.3) is 0 Å². The van der Waals surface area contributed by atoms with Crippen LogP contribution in [0.15, 0.2) is 42.6 Å². The molecule has 9 nitrogen and oxygen atoms in total. The predicted octanol–water partition coefficient (Wildman–Crippen LogP) is 2.43. The molecule has 1 atom stereocenters. The van der Waals surface area contributed by atoms with Gasteiger partial charge in [0.2, 0.25) is 5.95 Å². The van der Waals surface area contributed by atoms with Crippen molar-refractivity contribution in [2.45, 2.75) is 6.23 Å². The lowest BCUT2D eigenvalue weighted by Gasteiger charge is -2.32. The van der Waals surface area contributed by atoms with Crippen LogP contribution >= 0.6 is 0 Å². The van der Waals surface area contributed by atoms with Gasteiger partial charge in [-0.15, -0.1) is 5.10 Å². The number of rotatable bonds is 6. The van der Waals surface area contributed by atoms with Gasteiger partial charge in [-0.2, -0.15) is 4.98 Å². The monoisotopic (exact) mass is 382 g/mol. The lowest BCUT2D eigenvalue weighted by atomic mass is 10.2. The van der Waals surface area contributed by atoms with E-state index in [1.54, 1.807) is 13.3 Å². The summed E-state index contributed by atoms with van der Waals surface area (Å²) in [6.45, 7) is 1.67. The number of nitrogens with zero attached hydrogens (tertiary/aromatic N) is 4. The van der Waals surface area contributed by atoms with Crippen molar-refractivity contribution in [2.75, 3.05) is 44.2 Å². The SMILES string of the molecule is COc1cccc(Nc2n[nH]c(-c3cccnc3N(C)C3COCCO3)n2)c1. The van der Waals surface area contributed by atoms with E-state index in [-0.39, 0.29) is 6.23 Å². The van der Waals surface area contributed by atoms with E-state index in [0.29, 0.717) is 31.6 Å². The van der Waals surface area contributed by atoms with Crippen molar-refractivity contribution >= 4 is 17.5 Å². The van der Waals surface area contributed by atoms with Crippen molar-refractivity contribution in [2.24, 2.45) is 0 Å². The van der Waals surface area contributed by atoms with E-state index in [4.69, 9.17) is 14.2 Å². The van der Waals surface area contributed by atoms with Crippen LogP contribution < -0.4 is 15.0 Å². The van der Waals surface area contributed by atoms with E-state index in [2.05, 4.69) is 25.5 Å². The van der Waals surface area contributed by atoms with Crippen LogP contribution in [0.4, 0.5) is 17.5 Å². The lowest BCUT2D eigenvalue weighted by Crippen LogP contribution is -2.42. The largest absolute Gasteiger partial charge is 0.497 e. The molecule has 0 radical (unpaired) electrons. The molecule has 0 saturated carbocycles. The number of H-pyrrole nitrogens is 1. The molecule has 1 unspecified atom stereocenters. The second-order valence-corrected chi connectivity index (χ2v) is 6.25. The predicted molar refractivity (Wildman–Crippen MR) is 105 cm³/mol. The van der Waals surface area contributed by atoms with Gasteiger partial charge in [-0.05, 0) is 24.3 Å². The summed E-state index contributed by atoms with van der Waals surface area (Å²) >= 11 is 0. The number of benzene rings is 1. The molecule has 1 saturated heterocycles. The average molecular weight is 382 g/mol. The number of methoxy groups -OCH3 is 1. The summed E-state index contributed by atoms with van der Waals surface area (Å²) in [7, 11) is 3.56. The van der Waals surface area contributed by atoms with E-state index in [1.807, 2.05) is 48.3 Å². The first-order chi connectivity index (χ1) is 13.7. The Morgan fingerprint density at radius 2 is 2.18 bits per heavy atom. The number of ether oxygens (including phenoxy) is 3. The fraction of sp³-hybridized carbons (Fsp3) is 0.316. The molecular formula is C19H22N6O3. The van der Waals surface area contributed by atoms with Crippen LogP contribution in [0.3, 0.4) is 0 Å². The third kappa shape index (κ3) is 3.90. The molecule has 0 aliphatic carbocycles. The molecule has 28 heavy (non-hydrogen) atoms. The summed E-state index contributed by atoms with van der Waals surface area (Å²) in [5, 5.41) is 10.4. The molecular weight excluding hydrogens is 360 g/mol. The first kappa shape index (κ1) is 18.2. The molecule has 2 N–H and O–H groups in total. The van der Waals surface area contributed by atoms with E-state index in [1.165, 1.54) is 0 Å². The summed E-state index contributed by atoms with van der Waals surface area (Å²) in [6, 6.07) is 11.4. The molecule has 1 aliphatic rings. The van der Waals surface area contributed by atoms with Crippen LogP contribution in [-0.4, -0.2) is 60.4 Å². The molecule has 0 bridgehead atoms. The zero-order valence-electron chi connectivity index (χ0n) is 15.8. The van der Waals surface area contributed by atoms with Crippen molar-refractivity contribution in [1.82, 2.24) is 20.2 Å². The summed E-state index contributed by atoms with van der Waals surface area (Å²) in [6.07, 6.45) is 1.55. The third-order valence-electron chi connectivity index (χ3n) is 4.42. The second kappa shape index (κ2) is 8.24. The Hall–Kier alpha value is -3.17. The highest BCUT2D eigenvalue weighted by molar-refractivity contribution is 5.71. The maximum Gasteiger partial charge on any atom is 0.246 e. The molecule has 0 spiro atoms. The number of nitrogens with one attached hydrogen (secondary N) is 2. The number of aromatic nitrogens is 4. The van der Waals surface area contributed by atoms with Crippen molar-refractivity contribution in [3.05, 3.63) is 42.6 Å². The standard InChI is InChI=1S/C19H22N6O3/c1-25(16-12-27-9-10-28-16)18-15(7-4-8-20-18)17-22-19(24-23-17)21-13-5-3-6-14(11-13)26-2/h3-8,11,16H,9-10,12H2,1-2H3,(H2,21,22,23,24). The fourth-order valence-corrected chi connectivity index (χ4v) is 2.97. The maximum atomic E-state index is 5.78. The molecule has 2 aromatic heterocycles. The van der Waals surface area contributed by atoms with Gasteiger partial charge in [-0.25, -0.2) is 4.98 Å². The lowest BCUT2D eigenvalue weighted by molar-refractivity contribution is -0.0867. The molecule has 1 fully saturated rings. The van der Waals surface area contributed by atoms with Crippen LogP contribution in [0.25, 0.3) is 11.4 Å².